The fraction of sp³-hybridized carbons (Fsp3) is 0.462. The molecule has 2 N–H and O–H groups in total. The summed E-state index contributed by atoms with van der Waals surface area (Å²) in [4.78, 5) is 11.0. The molecule has 0 bridgehead atoms. The van der Waals surface area contributed by atoms with Crippen molar-refractivity contribution in [2.75, 3.05) is 6.79 Å². The number of carboxylic acid groups (broad SMARTS) is 1. The van der Waals surface area contributed by atoms with Crippen LogP contribution in [0.25, 0.3) is 0 Å². The second-order valence-corrected chi connectivity index (χ2v) is 4.86. The average Bonchev–Trinajstić information content (AvgIpc) is 2.93. The van der Waals surface area contributed by atoms with Gasteiger partial charge in [-0.2, -0.15) is 0 Å². The van der Waals surface area contributed by atoms with E-state index in [9.17, 15) is 4.79 Å². The molecule has 0 spiro atoms. The lowest BCUT2D eigenvalue weighted by Crippen LogP contribution is -2.31. The van der Waals surface area contributed by atoms with E-state index in [1.807, 2.05) is 18.2 Å². The molecule has 0 aromatic heterocycles. The second kappa shape index (κ2) is 4.17. The van der Waals surface area contributed by atoms with E-state index in [-0.39, 0.29) is 18.8 Å². The zero-order valence-corrected chi connectivity index (χ0v) is 10.1. The molecule has 0 aliphatic carbocycles. The minimum atomic E-state index is -0.787. The molecule has 1 aromatic rings. The highest BCUT2D eigenvalue weighted by molar-refractivity contribution is 5.74. The molecule has 1 aromatic carbocycles. The van der Waals surface area contributed by atoms with Crippen LogP contribution in [0.15, 0.2) is 18.2 Å². The van der Waals surface area contributed by atoms with E-state index in [1.165, 1.54) is 0 Å². The molecule has 96 valence electrons. The Morgan fingerprint density at radius 1 is 1.39 bits per heavy atom. The van der Waals surface area contributed by atoms with Crippen molar-refractivity contribution in [3.63, 3.8) is 0 Å². The van der Waals surface area contributed by atoms with Gasteiger partial charge in [0.15, 0.2) is 11.5 Å². The molecule has 1 fully saturated rings. The summed E-state index contributed by atoms with van der Waals surface area (Å²) in [7, 11) is 0. The van der Waals surface area contributed by atoms with Crippen molar-refractivity contribution in [2.45, 2.75) is 25.4 Å². The Balaban J connectivity index is 1.85. The minimum absolute atomic E-state index is 0.0561. The summed E-state index contributed by atoms with van der Waals surface area (Å²) in [5, 5.41) is 12.2. The van der Waals surface area contributed by atoms with Crippen molar-refractivity contribution in [2.24, 2.45) is 5.92 Å². The summed E-state index contributed by atoms with van der Waals surface area (Å²) in [5.41, 5.74) is 1.05. The van der Waals surface area contributed by atoms with E-state index in [0.717, 1.165) is 17.1 Å². The van der Waals surface area contributed by atoms with E-state index >= 15 is 0 Å². The van der Waals surface area contributed by atoms with E-state index in [4.69, 9.17) is 14.6 Å². The summed E-state index contributed by atoms with van der Waals surface area (Å²) in [5.74, 6) is 0.982. The fourth-order valence-corrected chi connectivity index (χ4v) is 2.66. The van der Waals surface area contributed by atoms with Crippen LogP contribution in [-0.2, 0) is 4.79 Å². The Kier molecular flexibility index (Phi) is 2.63. The number of hydrogen-bond donors (Lipinski definition) is 2. The molecule has 3 unspecified atom stereocenters. The van der Waals surface area contributed by atoms with Crippen molar-refractivity contribution in [1.82, 2.24) is 5.32 Å². The van der Waals surface area contributed by atoms with Gasteiger partial charge in [0.2, 0.25) is 6.79 Å². The molecule has 18 heavy (non-hydrogen) atoms. The van der Waals surface area contributed by atoms with E-state index < -0.39 is 12.0 Å². The van der Waals surface area contributed by atoms with Gasteiger partial charge in [0.25, 0.3) is 0 Å². The molecule has 2 aliphatic rings. The molecule has 0 radical (unpaired) electrons. The van der Waals surface area contributed by atoms with Gasteiger partial charge in [0.1, 0.15) is 6.04 Å². The first-order chi connectivity index (χ1) is 8.65. The third-order valence-corrected chi connectivity index (χ3v) is 3.61. The number of aliphatic carboxylic acids is 1. The summed E-state index contributed by atoms with van der Waals surface area (Å²) in [6.07, 6.45) is 0.647. The number of carbonyl (C=O) groups is 1. The number of ether oxygens (including phenoxy) is 2. The van der Waals surface area contributed by atoms with Crippen molar-refractivity contribution < 1.29 is 19.4 Å². The van der Waals surface area contributed by atoms with E-state index in [2.05, 4.69) is 12.2 Å². The molecule has 1 saturated heterocycles. The van der Waals surface area contributed by atoms with Gasteiger partial charge in [-0.05, 0) is 30.0 Å². The van der Waals surface area contributed by atoms with Gasteiger partial charge < -0.3 is 14.6 Å². The quantitative estimate of drug-likeness (QED) is 0.832. The predicted octanol–water partition coefficient (Wildman–Crippen LogP) is 1.54. The topological polar surface area (TPSA) is 67.8 Å². The molecule has 2 aliphatic heterocycles. The third-order valence-electron chi connectivity index (χ3n) is 3.61. The Hall–Kier alpha value is -1.75. The first-order valence-corrected chi connectivity index (χ1v) is 6.03. The van der Waals surface area contributed by atoms with Gasteiger partial charge in [-0.1, -0.05) is 13.0 Å². The first kappa shape index (κ1) is 11.3. The minimum Gasteiger partial charge on any atom is -0.480 e. The maximum Gasteiger partial charge on any atom is 0.320 e. The summed E-state index contributed by atoms with van der Waals surface area (Å²) < 4.78 is 10.6. The van der Waals surface area contributed by atoms with Gasteiger partial charge in [-0.15, -0.1) is 0 Å². The maximum absolute atomic E-state index is 11.0. The van der Waals surface area contributed by atoms with Gasteiger partial charge in [-0.25, -0.2) is 0 Å². The van der Waals surface area contributed by atoms with Gasteiger partial charge in [-0.3, -0.25) is 10.1 Å². The number of benzene rings is 1. The zero-order chi connectivity index (χ0) is 12.7. The normalized spacial score (nSPS) is 29.5. The van der Waals surface area contributed by atoms with Gasteiger partial charge in [0.05, 0.1) is 0 Å². The Bertz CT molecular complexity index is 488. The highest BCUT2D eigenvalue weighted by atomic mass is 16.7. The van der Waals surface area contributed by atoms with Crippen LogP contribution in [-0.4, -0.2) is 23.9 Å². The van der Waals surface area contributed by atoms with E-state index in [1.54, 1.807) is 0 Å². The second-order valence-electron chi connectivity index (χ2n) is 4.86. The van der Waals surface area contributed by atoms with Crippen molar-refractivity contribution >= 4 is 5.97 Å². The molecule has 0 saturated carbocycles. The molecular weight excluding hydrogens is 234 g/mol. The Labute approximate surface area is 105 Å². The van der Waals surface area contributed by atoms with Crippen LogP contribution in [0.1, 0.15) is 24.9 Å². The van der Waals surface area contributed by atoms with Crippen LogP contribution < -0.4 is 14.8 Å². The summed E-state index contributed by atoms with van der Waals surface area (Å²) in [6.45, 7) is 2.31. The lowest BCUT2D eigenvalue weighted by Gasteiger charge is -2.16. The van der Waals surface area contributed by atoms with Crippen LogP contribution in [0, 0.1) is 5.92 Å². The van der Waals surface area contributed by atoms with Gasteiger partial charge in [0, 0.05) is 6.04 Å². The van der Waals surface area contributed by atoms with Crippen molar-refractivity contribution in [3.8, 4) is 11.5 Å². The number of hydrogen-bond acceptors (Lipinski definition) is 4. The Morgan fingerprint density at radius 2 is 2.17 bits per heavy atom. The number of rotatable bonds is 2. The third kappa shape index (κ3) is 1.80. The molecule has 3 atom stereocenters. The zero-order valence-electron chi connectivity index (χ0n) is 10.1. The van der Waals surface area contributed by atoms with Crippen LogP contribution in [0.2, 0.25) is 0 Å². The number of carboxylic acids is 1. The highest BCUT2D eigenvalue weighted by Gasteiger charge is 2.35. The lowest BCUT2D eigenvalue weighted by molar-refractivity contribution is -0.139. The highest BCUT2D eigenvalue weighted by Crippen LogP contribution is 2.38. The molecule has 2 heterocycles. The Morgan fingerprint density at radius 3 is 2.89 bits per heavy atom. The fourth-order valence-electron chi connectivity index (χ4n) is 2.66. The largest absolute Gasteiger partial charge is 0.480 e. The lowest BCUT2D eigenvalue weighted by atomic mass is 9.95. The van der Waals surface area contributed by atoms with Crippen LogP contribution >= 0.6 is 0 Å². The smallest absolute Gasteiger partial charge is 0.320 e. The maximum atomic E-state index is 11.0. The number of nitrogens with one attached hydrogen (secondary N) is 1. The predicted molar refractivity (Wildman–Crippen MR) is 63.6 cm³/mol. The SMILES string of the molecule is CC1CC(C(=O)O)NC1c1ccc2c(c1)OCO2. The van der Waals surface area contributed by atoms with Crippen molar-refractivity contribution in [3.05, 3.63) is 23.8 Å². The number of fused-ring (bicyclic) bond motifs is 1. The monoisotopic (exact) mass is 249 g/mol. The van der Waals surface area contributed by atoms with Crippen LogP contribution in [0.3, 0.4) is 0 Å². The summed E-state index contributed by atoms with van der Waals surface area (Å²) in [6, 6.07) is 5.36. The van der Waals surface area contributed by atoms with Gasteiger partial charge >= 0.3 is 5.97 Å². The molecule has 0 amide bonds. The molecule has 5 nitrogen and oxygen atoms in total. The molecule has 5 heteroatoms. The first-order valence-electron chi connectivity index (χ1n) is 6.03. The van der Waals surface area contributed by atoms with Crippen molar-refractivity contribution in [1.29, 1.82) is 0 Å². The van der Waals surface area contributed by atoms with E-state index in [0.29, 0.717) is 6.42 Å². The van der Waals surface area contributed by atoms with Crippen LogP contribution in [0.5, 0.6) is 11.5 Å². The molecule has 3 rings (SSSR count). The van der Waals surface area contributed by atoms with Crippen LogP contribution in [0.4, 0.5) is 0 Å². The average molecular weight is 249 g/mol. The summed E-state index contributed by atoms with van der Waals surface area (Å²) >= 11 is 0. The standard InChI is InChI=1S/C13H15NO4/c1-7-4-9(13(15)16)14-12(7)8-2-3-10-11(5-8)18-6-17-10/h2-3,5,7,9,12,14H,4,6H2,1H3,(H,15,16). The molecular formula is C13H15NO4.